The number of rotatable bonds is 1. The van der Waals surface area contributed by atoms with Gasteiger partial charge in [-0.05, 0) is 6.07 Å². The van der Waals surface area contributed by atoms with E-state index in [4.69, 9.17) is 0 Å². The van der Waals surface area contributed by atoms with E-state index in [0.717, 1.165) is 5.65 Å². The molecule has 0 aromatic carbocycles. The molecule has 0 aliphatic carbocycles. The van der Waals surface area contributed by atoms with Gasteiger partial charge in [-0.1, -0.05) is 0 Å². The first-order chi connectivity index (χ1) is 5.77. The van der Waals surface area contributed by atoms with Gasteiger partial charge in [0.15, 0.2) is 0 Å². The summed E-state index contributed by atoms with van der Waals surface area (Å²) in [6, 6.07) is 4.12. The first-order valence-corrected chi connectivity index (χ1v) is 3.87. The van der Waals surface area contributed by atoms with E-state index in [1.807, 2.05) is 30.9 Å². The van der Waals surface area contributed by atoms with Crippen LogP contribution in [-0.4, -0.2) is 23.5 Å². The molecule has 0 aliphatic rings. The molecule has 0 saturated heterocycles. The summed E-state index contributed by atoms with van der Waals surface area (Å²) in [5, 5.41) is 0. The van der Waals surface area contributed by atoms with Gasteiger partial charge in [0.1, 0.15) is 5.65 Å². The molecule has 12 heavy (non-hydrogen) atoms. The molecule has 62 valence electrons. The van der Waals surface area contributed by atoms with Gasteiger partial charge in [-0.3, -0.25) is 0 Å². The Balaban J connectivity index is 2.60. The number of fused-ring (bicyclic) bond motifs is 1. The van der Waals surface area contributed by atoms with Gasteiger partial charge >= 0.3 is 0 Å². The Kier molecular flexibility index (Phi) is 1.50. The Morgan fingerprint density at radius 3 is 2.92 bits per heavy atom. The normalized spacial score (nSPS) is 10.5. The molecule has 0 spiro atoms. The van der Waals surface area contributed by atoms with Crippen molar-refractivity contribution < 1.29 is 0 Å². The van der Waals surface area contributed by atoms with E-state index < -0.39 is 0 Å². The lowest BCUT2D eigenvalue weighted by Gasteiger charge is -2.11. The molecule has 2 aromatic rings. The lowest BCUT2D eigenvalue weighted by molar-refractivity contribution is 1.10. The summed E-state index contributed by atoms with van der Waals surface area (Å²) in [6.45, 7) is 0. The summed E-state index contributed by atoms with van der Waals surface area (Å²) >= 11 is 0. The lowest BCUT2D eigenvalue weighted by atomic mass is 10.4. The molecule has 0 atom stereocenters. The highest BCUT2D eigenvalue weighted by molar-refractivity contribution is 5.55. The fourth-order valence-electron chi connectivity index (χ4n) is 1.18. The van der Waals surface area contributed by atoms with E-state index in [1.165, 1.54) is 5.69 Å². The highest BCUT2D eigenvalue weighted by atomic mass is 15.1. The number of nitrogens with zero attached hydrogens (tertiary/aromatic N) is 3. The van der Waals surface area contributed by atoms with Crippen LogP contribution in [0.25, 0.3) is 5.65 Å². The standard InChI is InChI=1S/C9H11N3/c1-11(2)8-3-5-12-6-4-10-9(12)7-8/h3-7H,1-2H3. The van der Waals surface area contributed by atoms with Crippen molar-refractivity contribution >= 4 is 11.3 Å². The maximum Gasteiger partial charge on any atom is 0.138 e. The summed E-state index contributed by atoms with van der Waals surface area (Å²) in [5.41, 5.74) is 2.16. The van der Waals surface area contributed by atoms with E-state index in [2.05, 4.69) is 22.0 Å². The van der Waals surface area contributed by atoms with Gasteiger partial charge in [-0.2, -0.15) is 0 Å². The summed E-state index contributed by atoms with van der Waals surface area (Å²) in [4.78, 5) is 6.26. The smallest absolute Gasteiger partial charge is 0.138 e. The summed E-state index contributed by atoms with van der Waals surface area (Å²) in [6.07, 6.45) is 5.75. The molecule has 2 heterocycles. The highest BCUT2D eigenvalue weighted by Crippen LogP contribution is 2.12. The Bertz CT molecular complexity index is 389. The highest BCUT2D eigenvalue weighted by Gasteiger charge is 1.97. The molecule has 0 saturated carbocycles. The van der Waals surface area contributed by atoms with Crippen molar-refractivity contribution in [3.05, 3.63) is 30.7 Å². The van der Waals surface area contributed by atoms with Crippen LogP contribution >= 0.6 is 0 Å². The zero-order valence-corrected chi connectivity index (χ0v) is 7.23. The average molecular weight is 161 g/mol. The number of hydrogen-bond donors (Lipinski definition) is 0. The predicted octanol–water partition coefficient (Wildman–Crippen LogP) is 1.40. The molecule has 0 N–H and O–H groups in total. The zero-order valence-electron chi connectivity index (χ0n) is 7.23. The third-order valence-corrected chi connectivity index (χ3v) is 1.90. The van der Waals surface area contributed by atoms with Crippen molar-refractivity contribution in [3.8, 4) is 0 Å². The number of pyridine rings is 1. The van der Waals surface area contributed by atoms with Crippen molar-refractivity contribution in [1.29, 1.82) is 0 Å². The van der Waals surface area contributed by atoms with E-state index in [0.29, 0.717) is 0 Å². The number of anilines is 1. The fourth-order valence-corrected chi connectivity index (χ4v) is 1.18. The van der Waals surface area contributed by atoms with E-state index >= 15 is 0 Å². The van der Waals surface area contributed by atoms with Crippen LogP contribution in [0.4, 0.5) is 5.69 Å². The van der Waals surface area contributed by atoms with Crippen LogP contribution in [0.5, 0.6) is 0 Å². The molecular weight excluding hydrogens is 150 g/mol. The van der Waals surface area contributed by atoms with Gasteiger partial charge in [-0.25, -0.2) is 4.98 Å². The van der Waals surface area contributed by atoms with E-state index in [1.54, 1.807) is 6.20 Å². The van der Waals surface area contributed by atoms with Crippen LogP contribution in [0, 0.1) is 0 Å². The van der Waals surface area contributed by atoms with Gasteiger partial charge in [0.05, 0.1) is 0 Å². The van der Waals surface area contributed by atoms with Gasteiger partial charge < -0.3 is 9.30 Å². The fraction of sp³-hybridized carbons (Fsp3) is 0.222. The molecule has 2 aromatic heterocycles. The second-order valence-corrected chi connectivity index (χ2v) is 2.97. The molecule has 2 rings (SSSR count). The predicted molar refractivity (Wildman–Crippen MR) is 49.5 cm³/mol. The minimum atomic E-state index is 0.987. The maximum atomic E-state index is 4.20. The SMILES string of the molecule is CN(C)c1ccn2ccnc2c1. The van der Waals surface area contributed by atoms with Gasteiger partial charge in [0.2, 0.25) is 0 Å². The molecule has 0 fully saturated rings. The Labute approximate surface area is 71.3 Å². The minimum absolute atomic E-state index is 0.987. The number of imidazole rings is 1. The average Bonchev–Trinajstić information content (AvgIpc) is 2.49. The summed E-state index contributed by atoms with van der Waals surface area (Å²) in [5.74, 6) is 0. The van der Waals surface area contributed by atoms with Crippen molar-refractivity contribution in [2.45, 2.75) is 0 Å². The third-order valence-electron chi connectivity index (χ3n) is 1.90. The Morgan fingerprint density at radius 2 is 2.17 bits per heavy atom. The first kappa shape index (κ1) is 7.16. The first-order valence-electron chi connectivity index (χ1n) is 3.87. The van der Waals surface area contributed by atoms with Gasteiger partial charge in [0, 0.05) is 44.4 Å². The zero-order chi connectivity index (χ0) is 8.55. The van der Waals surface area contributed by atoms with Crippen molar-refractivity contribution in [2.75, 3.05) is 19.0 Å². The number of aromatic nitrogens is 2. The monoisotopic (exact) mass is 161 g/mol. The lowest BCUT2D eigenvalue weighted by Crippen LogP contribution is -2.08. The van der Waals surface area contributed by atoms with Gasteiger partial charge in [0.25, 0.3) is 0 Å². The third kappa shape index (κ3) is 1.03. The second kappa shape index (κ2) is 2.52. The maximum absolute atomic E-state index is 4.20. The minimum Gasteiger partial charge on any atom is -0.378 e. The molecule has 0 amide bonds. The van der Waals surface area contributed by atoms with Crippen LogP contribution < -0.4 is 4.90 Å². The van der Waals surface area contributed by atoms with E-state index in [9.17, 15) is 0 Å². The molecule has 0 radical (unpaired) electrons. The van der Waals surface area contributed by atoms with Crippen molar-refractivity contribution in [2.24, 2.45) is 0 Å². The molecule has 0 bridgehead atoms. The molecule has 0 aliphatic heterocycles. The van der Waals surface area contributed by atoms with Crippen LogP contribution in [0.3, 0.4) is 0 Å². The molecule has 3 heteroatoms. The van der Waals surface area contributed by atoms with Gasteiger partial charge in [-0.15, -0.1) is 0 Å². The Hall–Kier alpha value is -1.51. The molecule has 3 nitrogen and oxygen atoms in total. The Morgan fingerprint density at radius 1 is 1.33 bits per heavy atom. The van der Waals surface area contributed by atoms with Crippen LogP contribution in [0.1, 0.15) is 0 Å². The molecule has 0 unspecified atom stereocenters. The second-order valence-electron chi connectivity index (χ2n) is 2.97. The van der Waals surface area contributed by atoms with E-state index in [-0.39, 0.29) is 0 Å². The summed E-state index contributed by atoms with van der Waals surface area (Å²) < 4.78 is 1.99. The summed E-state index contributed by atoms with van der Waals surface area (Å²) in [7, 11) is 4.05. The van der Waals surface area contributed by atoms with Crippen LogP contribution in [0.2, 0.25) is 0 Å². The van der Waals surface area contributed by atoms with Crippen LogP contribution in [-0.2, 0) is 0 Å². The van der Waals surface area contributed by atoms with Crippen LogP contribution in [0.15, 0.2) is 30.7 Å². The topological polar surface area (TPSA) is 20.5 Å². The molecular formula is C9H11N3. The number of hydrogen-bond acceptors (Lipinski definition) is 2. The van der Waals surface area contributed by atoms with Crippen molar-refractivity contribution in [3.63, 3.8) is 0 Å². The quantitative estimate of drug-likeness (QED) is 0.630. The van der Waals surface area contributed by atoms with Crippen molar-refractivity contribution in [1.82, 2.24) is 9.38 Å². The largest absolute Gasteiger partial charge is 0.378 e.